The Balaban J connectivity index is 1.00. The van der Waals surface area contributed by atoms with Crippen LogP contribution < -0.4 is 21.3 Å². The lowest BCUT2D eigenvalue weighted by Gasteiger charge is -2.27. The predicted molar refractivity (Wildman–Crippen MR) is 167 cm³/mol. The number of imide groups is 4. The molecule has 0 bridgehead atoms. The first kappa shape index (κ1) is 30.5. The molecule has 3 aromatic carbocycles. The first-order valence-electron chi connectivity index (χ1n) is 15.4. The van der Waals surface area contributed by atoms with E-state index in [1.807, 2.05) is 24.3 Å². The number of hydrogen-bond donors (Lipinski definition) is 4. The van der Waals surface area contributed by atoms with Gasteiger partial charge in [-0.3, -0.25) is 58.8 Å². The minimum atomic E-state index is -1.05. The molecule has 8 amide bonds. The SMILES string of the molecule is O=C1CCC(N2C(=O)c3cccc(NCc4ccc(CNc5cccc6c5C(=O)N(C5CCC(=O)NC5=O)C6=O)cc4)c3C2=O)C(=O)N1. The highest BCUT2D eigenvalue weighted by Gasteiger charge is 2.47. The number of nitrogens with zero attached hydrogens (tertiary/aromatic N) is 2. The largest absolute Gasteiger partial charge is 0.380 e. The summed E-state index contributed by atoms with van der Waals surface area (Å²) in [6.45, 7) is 0.645. The first-order chi connectivity index (χ1) is 23.1. The highest BCUT2D eigenvalue weighted by atomic mass is 16.2. The van der Waals surface area contributed by atoms with Crippen LogP contribution >= 0.6 is 0 Å². The van der Waals surface area contributed by atoms with E-state index in [0.29, 0.717) is 24.5 Å². The molecule has 0 radical (unpaired) electrons. The first-order valence-corrected chi connectivity index (χ1v) is 15.4. The van der Waals surface area contributed by atoms with Crippen molar-refractivity contribution < 1.29 is 38.4 Å². The Morgan fingerprint density at radius 3 is 1.31 bits per heavy atom. The summed E-state index contributed by atoms with van der Waals surface area (Å²) < 4.78 is 0. The maximum Gasteiger partial charge on any atom is 0.264 e. The van der Waals surface area contributed by atoms with Gasteiger partial charge < -0.3 is 10.6 Å². The van der Waals surface area contributed by atoms with Crippen molar-refractivity contribution in [3.05, 3.63) is 94.0 Å². The van der Waals surface area contributed by atoms with Crippen LogP contribution in [0.2, 0.25) is 0 Å². The zero-order chi connectivity index (χ0) is 33.7. The molecule has 14 nitrogen and oxygen atoms in total. The number of nitrogens with one attached hydrogen (secondary N) is 4. The molecule has 48 heavy (non-hydrogen) atoms. The van der Waals surface area contributed by atoms with Crippen LogP contribution in [0.5, 0.6) is 0 Å². The molecule has 0 saturated carbocycles. The second-order valence-corrected chi connectivity index (χ2v) is 11.9. The average molecular weight is 649 g/mol. The van der Waals surface area contributed by atoms with Gasteiger partial charge in [0, 0.05) is 37.3 Å². The Kier molecular flexibility index (Phi) is 7.54. The van der Waals surface area contributed by atoms with Gasteiger partial charge in [0.25, 0.3) is 23.6 Å². The van der Waals surface area contributed by atoms with Crippen LogP contribution in [0.1, 0.15) is 78.2 Å². The van der Waals surface area contributed by atoms with Crippen LogP contribution in [0.3, 0.4) is 0 Å². The maximum absolute atomic E-state index is 13.4. The van der Waals surface area contributed by atoms with E-state index < -0.39 is 59.3 Å². The fraction of sp³-hybridized carbons (Fsp3) is 0.235. The van der Waals surface area contributed by atoms with E-state index in [2.05, 4.69) is 21.3 Å². The number of rotatable bonds is 8. The molecule has 7 rings (SSSR count). The van der Waals surface area contributed by atoms with Gasteiger partial charge in [-0.05, 0) is 48.2 Å². The van der Waals surface area contributed by atoms with Gasteiger partial charge in [0.05, 0.1) is 22.3 Å². The second kappa shape index (κ2) is 11.9. The van der Waals surface area contributed by atoms with Gasteiger partial charge in [0.2, 0.25) is 23.6 Å². The van der Waals surface area contributed by atoms with E-state index in [9.17, 15) is 38.4 Å². The molecule has 0 aliphatic carbocycles. The van der Waals surface area contributed by atoms with Crippen molar-refractivity contribution >= 4 is 58.6 Å². The molecule has 242 valence electrons. The number of carbonyl (C=O) groups is 8. The van der Waals surface area contributed by atoms with Gasteiger partial charge in [-0.15, -0.1) is 0 Å². The van der Waals surface area contributed by atoms with Crippen LogP contribution in [0.25, 0.3) is 0 Å². The summed E-state index contributed by atoms with van der Waals surface area (Å²) in [4.78, 5) is 103. The highest BCUT2D eigenvalue weighted by molar-refractivity contribution is 6.26. The highest BCUT2D eigenvalue weighted by Crippen LogP contribution is 2.34. The summed E-state index contributed by atoms with van der Waals surface area (Å²) in [6.07, 6.45) is 0.216. The van der Waals surface area contributed by atoms with Crippen molar-refractivity contribution in [2.75, 3.05) is 10.6 Å². The second-order valence-electron chi connectivity index (χ2n) is 11.9. The standard InChI is InChI=1S/C34H28N6O8/c41-25-13-11-23(29(43)37-25)39-31(45)19-3-1-5-21(27(19)33(39)47)35-15-17-7-9-18(10-8-17)16-36-22-6-2-4-20-28(22)34(48)40(32(20)46)24-12-14-26(42)38-30(24)44/h1-10,23-24,35-36H,11-16H2,(H,37,41,43)(H,38,42,44). The Hall–Kier alpha value is -6.18. The molecule has 14 heteroatoms. The number of carbonyl (C=O) groups excluding carboxylic acids is 8. The summed E-state index contributed by atoms with van der Waals surface area (Å²) in [5.41, 5.74) is 3.34. The summed E-state index contributed by atoms with van der Waals surface area (Å²) in [5, 5.41) is 10.8. The van der Waals surface area contributed by atoms with Crippen molar-refractivity contribution in [3.8, 4) is 0 Å². The van der Waals surface area contributed by atoms with E-state index in [0.717, 1.165) is 20.9 Å². The summed E-state index contributed by atoms with van der Waals surface area (Å²) >= 11 is 0. The van der Waals surface area contributed by atoms with Crippen LogP contribution in [-0.2, 0) is 32.3 Å². The average Bonchev–Trinajstić information content (AvgIpc) is 3.48. The normalized spacial score (nSPS) is 20.5. The van der Waals surface area contributed by atoms with Crippen molar-refractivity contribution in [2.24, 2.45) is 0 Å². The molecule has 2 atom stereocenters. The fourth-order valence-electron chi connectivity index (χ4n) is 6.49. The lowest BCUT2D eigenvalue weighted by Crippen LogP contribution is -2.54. The van der Waals surface area contributed by atoms with Crippen LogP contribution in [-0.4, -0.2) is 69.1 Å². The molecule has 2 unspecified atom stereocenters. The fourth-order valence-corrected chi connectivity index (χ4v) is 6.49. The van der Waals surface area contributed by atoms with Gasteiger partial charge >= 0.3 is 0 Å². The molecule has 2 saturated heterocycles. The van der Waals surface area contributed by atoms with Crippen LogP contribution in [0, 0.1) is 0 Å². The van der Waals surface area contributed by atoms with Gasteiger partial charge in [0.1, 0.15) is 12.1 Å². The molecule has 4 aliphatic rings. The molecule has 3 aromatic rings. The summed E-state index contributed by atoms with van der Waals surface area (Å²) in [7, 11) is 0. The Labute approximate surface area is 272 Å². The van der Waals surface area contributed by atoms with Crippen LogP contribution in [0.15, 0.2) is 60.7 Å². The van der Waals surface area contributed by atoms with Gasteiger partial charge in [0.15, 0.2) is 0 Å². The minimum Gasteiger partial charge on any atom is -0.380 e. The van der Waals surface area contributed by atoms with E-state index in [1.54, 1.807) is 24.3 Å². The van der Waals surface area contributed by atoms with Crippen molar-refractivity contribution in [1.29, 1.82) is 0 Å². The third-order valence-electron chi connectivity index (χ3n) is 8.93. The lowest BCUT2D eigenvalue weighted by molar-refractivity contribution is -0.137. The van der Waals surface area contributed by atoms with E-state index in [4.69, 9.17) is 0 Å². The lowest BCUT2D eigenvalue weighted by atomic mass is 10.0. The third-order valence-corrected chi connectivity index (χ3v) is 8.93. The number of hydrogen-bond acceptors (Lipinski definition) is 10. The molecule has 4 heterocycles. The smallest absolute Gasteiger partial charge is 0.264 e. The summed E-state index contributed by atoms with van der Waals surface area (Å²) in [6, 6.07) is 15.1. The van der Waals surface area contributed by atoms with Gasteiger partial charge in [-0.25, -0.2) is 0 Å². The number of anilines is 2. The zero-order valence-electron chi connectivity index (χ0n) is 25.3. The molecule has 4 aliphatic heterocycles. The number of amides is 8. The van der Waals surface area contributed by atoms with E-state index >= 15 is 0 Å². The van der Waals surface area contributed by atoms with E-state index in [1.165, 1.54) is 12.1 Å². The quantitative estimate of drug-likeness (QED) is 0.262. The Morgan fingerprint density at radius 1 is 0.542 bits per heavy atom. The zero-order valence-corrected chi connectivity index (χ0v) is 25.3. The third kappa shape index (κ3) is 5.16. The number of fused-ring (bicyclic) bond motifs is 2. The predicted octanol–water partition coefficient (Wildman–Crippen LogP) is 1.71. The molecule has 0 spiro atoms. The Morgan fingerprint density at radius 2 is 0.938 bits per heavy atom. The van der Waals surface area contributed by atoms with E-state index in [-0.39, 0.29) is 47.9 Å². The topological polar surface area (TPSA) is 191 Å². The van der Waals surface area contributed by atoms with Crippen molar-refractivity contribution in [2.45, 2.75) is 50.9 Å². The Bertz CT molecular complexity index is 1830. The van der Waals surface area contributed by atoms with Gasteiger partial charge in [-0.1, -0.05) is 36.4 Å². The van der Waals surface area contributed by atoms with Gasteiger partial charge in [-0.2, -0.15) is 0 Å². The van der Waals surface area contributed by atoms with Crippen molar-refractivity contribution in [1.82, 2.24) is 20.4 Å². The number of benzene rings is 3. The minimum absolute atomic E-state index is 0.0367. The number of piperidine rings is 2. The summed E-state index contributed by atoms with van der Waals surface area (Å²) in [5.74, 6) is -4.57. The molecule has 2 fully saturated rings. The molecular weight excluding hydrogens is 620 g/mol. The monoisotopic (exact) mass is 648 g/mol. The molecule has 0 aromatic heterocycles. The molecular formula is C34H28N6O8. The molecule has 4 N–H and O–H groups in total. The van der Waals surface area contributed by atoms with Crippen molar-refractivity contribution in [3.63, 3.8) is 0 Å². The maximum atomic E-state index is 13.4. The van der Waals surface area contributed by atoms with Crippen LogP contribution in [0.4, 0.5) is 11.4 Å².